The van der Waals surface area contributed by atoms with Crippen LogP contribution in [0.15, 0.2) is 60.7 Å². The van der Waals surface area contributed by atoms with E-state index < -0.39 is 0 Å². The lowest BCUT2D eigenvalue weighted by Crippen LogP contribution is -2.18. The summed E-state index contributed by atoms with van der Waals surface area (Å²) in [6.45, 7) is 4.42. The molecule has 0 aromatic heterocycles. The standard InChI is InChI=1S/C20H19IO/c1-20(2)12-16(14-8-4-3-5-9-14)17(13-20)19(22)15-10-6-7-11-18(15)21/h3-12,17H,13H2,1-2H3. The third kappa shape index (κ3) is 3.02. The Morgan fingerprint density at radius 2 is 1.68 bits per heavy atom. The highest BCUT2D eigenvalue weighted by Crippen LogP contribution is 2.45. The van der Waals surface area contributed by atoms with Gasteiger partial charge in [0.05, 0.1) is 0 Å². The molecule has 0 fully saturated rings. The highest BCUT2D eigenvalue weighted by Gasteiger charge is 2.37. The average molecular weight is 402 g/mol. The first-order valence-corrected chi connectivity index (χ1v) is 8.63. The van der Waals surface area contributed by atoms with Crippen molar-refractivity contribution in [1.29, 1.82) is 0 Å². The number of allylic oxidation sites excluding steroid dienone is 2. The monoisotopic (exact) mass is 402 g/mol. The third-order valence-corrected chi connectivity index (χ3v) is 5.16. The second-order valence-corrected chi connectivity index (χ2v) is 7.72. The summed E-state index contributed by atoms with van der Waals surface area (Å²) in [5.41, 5.74) is 3.24. The van der Waals surface area contributed by atoms with Gasteiger partial charge in [0, 0.05) is 15.1 Å². The molecule has 1 atom stereocenters. The third-order valence-electron chi connectivity index (χ3n) is 4.21. The van der Waals surface area contributed by atoms with Crippen molar-refractivity contribution >= 4 is 33.9 Å². The van der Waals surface area contributed by atoms with Crippen LogP contribution < -0.4 is 0 Å². The highest BCUT2D eigenvalue weighted by atomic mass is 127. The largest absolute Gasteiger partial charge is 0.293 e. The van der Waals surface area contributed by atoms with E-state index in [0.717, 1.165) is 21.1 Å². The molecule has 0 aliphatic heterocycles. The minimum Gasteiger partial charge on any atom is -0.293 e. The zero-order valence-electron chi connectivity index (χ0n) is 12.8. The van der Waals surface area contributed by atoms with E-state index in [0.29, 0.717) is 0 Å². The van der Waals surface area contributed by atoms with Crippen LogP contribution in [-0.2, 0) is 0 Å². The first-order valence-electron chi connectivity index (χ1n) is 7.55. The van der Waals surface area contributed by atoms with E-state index in [1.807, 2.05) is 42.5 Å². The quantitative estimate of drug-likeness (QED) is 0.482. The van der Waals surface area contributed by atoms with Crippen molar-refractivity contribution in [3.05, 3.63) is 75.4 Å². The first kappa shape index (κ1) is 15.5. The Morgan fingerprint density at radius 1 is 1.05 bits per heavy atom. The fraction of sp³-hybridized carbons (Fsp3) is 0.250. The van der Waals surface area contributed by atoms with Crippen LogP contribution in [0.1, 0.15) is 36.2 Å². The zero-order chi connectivity index (χ0) is 15.7. The Kier molecular flexibility index (Phi) is 4.22. The van der Waals surface area contributed by atoms with Crippen molar-refractivity contribution in [2.24, 2.45) is 11.3 Å². The van der Waals surface area contributed by atoms with Gasteiger partial charge in [0.1, 0.15) is 0 Å². The van der Waals surface area contributed by atoms with Gasteiger partial charge in [-0.05, 0) is 51.6 Å². The summed E-state index contributed by atoms with van der Waals surface area (Å²) in [7, 11) is 0. The summed E-state index contributed by atoms with van der Waals surface area (Å²) in [6, 6.07) is 18.2. The van der Waals surface area contributed by atoms with Gasteiger partial charge in [-0.3, -0.25) is 4.79 Å². The van der Waals surface area contributed by atoms with Gasteiger partial charge in [-0.2, -0.15) is 0 Å². The van der Waals surface area contributed by atoms with Crippen LogP contribution in [0, 0.1) is 14.9 Å². The summed E-state index contributed by atoms with van der Waals surface area (Å²) in [6.07, 6.45) is 3.15. The second kappa shape index (κ2) is 5.99. The van der Waals surface area contributed by atoms with Crippen LogP contribution in [0.2, 0.25) is 0 Å². The van der Waals surface area contributed by atoms with Crippen molar-refractivity contribution < 1.29 is 4.79 Å². The molecule has 0 N–H and O–H groups in total. The molecule has 0 radical (unpaired) electrons. The van der Waals surface area contributed by atoms with Crippen LogP contribution in [0.3, 0.4) is 0 Å². The molecule has 0 saturated heterocycles. The van der Waals surface area contributed by atoms with E-state index in [1.54, 1.807) is 0 Å². The number of ketones is 1. The normalized spacial score (nSPS) is 19.8. The number of rotatable bonds is 3. The number of hydrogen-bond acceptors (Lipinski definition) is 1. The van der Waals surface area contributed by atoms with Crippen molar-refractivity contribution in [1.82, 2.24) is 0 Å². The molecule has 22 heavy (non-hydrogen) atoms. The van der Waals surface area contributed by atoms with E-state index in [1.165, 1.54) is 5.57 Å². The molecule has 112 valence electrons. The molecule has 1 aliphatic rings. The van der Waals surface area contributed by atoms with Crippen molar-refractivity contribution in [2.45, 2.75) is 20.3 Å². The number of hydrogen-bond donors (Lipinski definition) is 0. The van der Waals surface area contributed by atoms with E-state index in [-0.39, 0.29) is 17.1 Å². The molecule has 0 amide bonds. The van der Waals surface area contributed by atoms with Crippen LogP contribution in [0.5, 0.6) is 0 Å². The van der Waals surface area contributed by atoms with Crippen LogP contribution in [0.4, 0.5) is 0 Å². The molecule has 2 aromatic carbocycles. The molecule has 1 aliphatic carbocycles. The Hall–Kier alpha value is -1.42. The van der Waals surface area contributed by atoms with Gasteiger partial charge in [-0.1, -0.05) is 68.5 Å². The lowest BCUT2D eigenvalue weighted by atomic mass is 9.84. The Labute approximate surface area is 145 Å². The summed E-state index contributed by atoms with van der Waals surface area (Å²) in [5, 5.41) is 0. The van der Waals surface area contributed by atoms with E-state index in [2.05, 4.69) is 54.6 Å². The smallest absolute Gasteiger partial charge is 0.171 e. The van der Waals surface area contributed by atoms with Crippen LogP contribution in [-0.4, -0.2) is 5.78 Å². The average Bonchev–Trinajstić information content (AvgIpc) is 2.84. The molecule has 2 aromatic rings. The summed E-state index contributed by atoms with van der Waals surface area (Å²) in [4.78, 5) is 13.1. The maximum Gasteiger partial charge on any atom is 0.171 e. The van der Waals surface area contributed by atoms with Gasteiger partial charge < -0.3 is 0 Å². The molecule has 1 nitrogen and oxygen atoms in total. The molecular weight excluding hydrogens is 383 g/mol. The molecular formula is C20H19IO. The molecule has 0 heterocycles. The predicted octanol–water partition coefficient (Wildman–Crippen LogP) is 5.60. The lowest BCUT2D eigenvalue weighted by molar-refractivity contribution is 0.0936. The Bertz CT molecular complexity index is 728. The van der Waals surface area contributed by atoms with Gasteiger partial charge >= 0.3 is 0 Å². The minimum absolute atomic E-state index is 0.0479. The summed E-state index contributed by atoms with van der Waals surface area (Å²) in [5.74, 6) is 0.194. The zero-order valence-corrected chi connectivity index (χ0v) is 15.0. The predicted molar refractivity (Wildman–Crippen MR) is 99.8 cm³/mol. The van der Waals surface area contributed by atoms with Crippen LogP contribution in [0.25, 0.3) is 5.57 Å². The summed E-state index contributed by atoms with van der Waals surface area (Å²) >= 11 is 2.25. The molecule has 0 saturated carbocycles. The van der Waals surface area contributed by atoms with Gasteiger partial charge in [0.25, 0.3) is 0 Å². The van der Waals surface area contributed by atoms with Gasteiger partial charge in [0.15, 0.2) is 5.78 Å². The number of carbonyl (C=O) groups is 1. The Balaban J connectivity index is 2.01. The van der Waals surface area contributed by atoms with Crippen molar-refractivity contribution in [2.75, 3.05) is 0 Å². The maximum atomic E-state index is 13.1. The highest BCUT2D eigenvalue weighted by molar-refractivity contribution is 14.1. The molecule has 1 unspecified atom stereocenters. The van der Waals surface area contributed by atoms with Gasteiger partial charge in [-0.25, -0.2) is 0 Å². The van der Waals surface area contributed by atoms with Crippen molar-refractivity contribution in [3.63, 3.8) is 0 Å². The minimum atomic E-state index is -0.0479. The molecule has 3 rings (SSSR count). The van der Waals surface area contributed by atoms with Crippen molar-refractivity contribution in [3.8, 4) is 0 Å². The number of halogens is 1. The lowest BCUT2D eigenvalue weighted by Gasteiger charge is -2.18. The van der Waals surface area contributed by atoms with Gasteiger partial charge in [-0.15, -0.1) is 0 Å². The molecule has 0 bridgehead atoms. The summed E-state index contributed by atoms with van der Waals surface area (Å²) < 4.78 is 1.03. The number of benzene rings is 2. The number of carbonyl (C=O) groups excluding carboxylic acids is 1. The van der Waals surface area contributed by atoms with E-state index in [4.69, 9.17) is 0 Å². The van der Waals surface area contributed by atoms with E-state index in [9.17, 15) is 4.79 Å². The SMILES string of the molecule is CC1(C)C=C(c2ccccc2)C(C(=O)c2ccccc2I)C1. The topological polar surface area (TPSA) is 17.1 Å². The number of Topliss-reactive ketones (excluding diaryl/α,β-unsaturated/α-hetero) is 1. The maximum absolute atomic E-state index is 13.1. The first-order chi connectivity index (χ1) is 10.5. The fourth-order valence-corrected chi connectivity index (χ4v) is 3.87. The second-order valence-electron chi connectivity index (χ2n) is 6.56. The van der Waals surface area contributed by atoms with E-state index >= 15 is 0 Å². The molecule has 2 heteroatoms. The molecule has 0 spiro atoms. The van der Waals surface area contributed by atoms with Gasteiger partial charge in [0.2, 0.25) is 0 Å². The fourth-order valence-electron chi connectivity index (χ4n) is 3.21. The Morgan fingerprint density at radius 3 is 2.36 bits per heavy atom. The van der Waals surface area contributed by atoms with Crippen LogP contribution >= 0.6 is 22.6 Å².